The average molecular weight is 322 g/mol. The number of pyridine rings is 1. The Bertz CT molecular complexity index is 780. The largest absolute Gasteiger partial charge is 0.453 e. The van der Waals surface area contributed by atoms with Crippen LogP contribution in [-0.4, -0.2) is 29.6 Å². The molecule has 2 aromatic rings. The minimum absolute atomic E-state index is 0.0747. The van der Waals surface area contributed by atoms with Gasteiger partial charge in [-0.2, -0.15) is 0 Å². The molecular formula is C16H13F3N2O2. The monoisotopic (exact) mass is 322 g/mol. The lowest BCUT2D eigenvalue weighted by molar-refractivity contribution is 0.118. The van der Waals surface area contributed by atoms with Crippen molar-refractivity contribution in [1.29, 1.82) is 0 Å². The van der Waals surface area contributed by atoms with Gasteiger partial charge in [0.25, 0.3) is 0 Å². The number of carbonyl (C=O) groups excluding carboxylic acids is 1. The molecule has 0 aliphatic carbocycles. The first kappa shape index (κ1) is 15.3. The number of ether oxygens (including phenoxy) is 1. The summed E-state index contributed by atoms with van der Waals surface area (Å²) >= 11 is 0. The number of hydrogen-bond acceptors (Lipinski definition) is 3. The van der Waals surface area contributed by atoms with Crippen molar-refractivity contribution in [2.75, 3.05) is 13.7 Å². The maximum absolute atomic E-state index is 14.0. The molecule has 0 N–H and O–H groups in total. The minimum atomic E-state index is -0.839. The zero-order chi connectivity index (χ0) is 16.6. The molecule has 0 saturated heterocycles. The van der Waals surface area contributed by atoms with Gasteiger partial charge in [-0.1, -0.05) is 0 Å². The van der Waals surface area contributed by atoms with Gasteiger partial charge in [-0.25, -0.2) is 18.0 Å². The minimum Gasteiger partial charge on any atom is -0.453 e. The predicted octanol–water partition coefficient (Wildman–Crippen LogP) is 3.29. The van der Waals surface area contributed by atoms with Crippen LogP contribution in [0.25, 0.3) is 11.3 Å². The van der Waals surface area contributed by atoms with Crippen molar-refractivity contribution in [2.24, 2.45) is 0 Å². The topological polar surface area (TPSA) is 42.4 Å². The standard InChI is InChI=1S/C16H13F3N2O2/c1-23-16(22)21-5-4-10-12(8-21)11(2-3-13(10)18)15-14(19)6-9(17)7-20-15/h2-3,6-7H,4-5,8H2,1H3. The van der Waals surface area contributed by atoms with Crippen molar-refractivity contribution < 1.29 is 22.7 Å². The number of rotatable bonds is 1. The molecule has 2 heterocycles. The fourth-order valence-corrected chi connectivity index (χ4v) is 2.75. The molecule has 1 aliphatic rings. The fraction of sp³-hybridized carbons (Fsp3) is 0.250. The van der Waals surface area contributed by atoms with Gasteiger partial charge in [0.2, 0.25) is 0 Å². The second kappa shape index (κ2) is 5.91. The van der Waals surface area contributed by atoms with E-state index >= 15 is 0 Å². The molecule has 7 heteroatoms. The Balaban J connectivity index is 2.11. The van der Waals surface area contributed by atoms with Crippen LogP contribution in [0.3, 0.4) is 0 Å². The second-order valence-electron chi connectivity index (χ2n) is 5.18. The third-order valence-electron chi connectivity index (χ3n) is 3.85. The lowest BCUT2D eigenvalue weighted by Gasteiger charge is -2.29. The van der Waals surface area contributed by atoms with E-state index in [1.54, 1.807) is 0 Å². The zero-order valence-electron chi connectivity index (χ0n) is 12.3. The third kappa shape index (κ3) is 2.74. The van der Waals surface area contributed by atoms with Crippen molar-refractivity contribution in [3.63, 3.8) is 0 Å². The molecule has 0 spiro atoms. The van der Waals surface area contributed by atoms with E-state index in [1.165, 1.54) is 24.1 Å². The SMILES string of the molecule is COC(=O)N1CCc2c(F)ccc(-c3ncc(F)cc3F)c2C1. The number of benzene rings is 1. The summed E-state index contributed by atoms with van der Waals surface area (Å²) in [5, 5.41) is 0. The van der Waals surface area contributed by atoms with Crippen molar-refractivity contribution in [3.05, 3.63) is 53.0 Å². The van der Waals surface area contributed by atoms with Crippen LogP contribution in [0.1, 0.15) is 11.1 Å². The molecular weight excluding hydrogens is 309 g/mol. The number of aromatic nitrogens is 1. The molecule has 4 nitrogen and oxygen atoms in total. The summed E-state index contributed by atoms with van der Waals surface area (Å²) < 4.78 is 45.8. The molecule has 23 heavy (non-hydrogen) atoms. The molecule has 3 rings (SSSR count). The van der Waals surface area contributed by atoms with Gasteiger partial charge < -0.3 is 9.64 Å². The second-order valence-corrected chi connectivity index (χ2v) is 5.18. The maximum Gasteiger partial charge on any atom is 0.409 e. The van der Waals surface area contributed by atoms with Gasteiger partial charge in [0.05, 0.1) is 19.9 Å². The summed E-state index contributed by atoms with van der Waals surface area (Å²) in [4.78, 5) is 16.9. The van der Waals surface area contributed by atoms with Gasteiger partial charge in [0.1, 0.15) is 17.3 Å². The average Bonchev–Trinajstić information content (AvgIpc) is 2.55. The number of amides is 1. The van der Waals surface area contributed by atoms with Gasteiger partial charge in [-0.3, -0.25) is 4.98 Å². The highest BCUT2D eigenvalue weighted by molar-refractivity contribution is 5.71. The van der Waals surface area contributed by atoms with Crippen LogP contribution in [0, 0.1) is 17.5 Å². The van der Waals surface area contributed by atoms with Crippen LogP contribution in [-0.2, 0) is 17.7 Å². The molecule has 1 amide bonds. The molecule has 1 aliphatic heterocycles. The van der Waals surface area contributed by atoms with Crippen molar-refractivity contribution in [1.82, 2.24) is 9.88 Å². The van der Waals surface area contributed by atoms with Gasteiger partial charge in [0.15, 0.2) is 5.82 Å². The van der Waals surface area contributed by atoms with Crippen molar-refractivity contribution in [3.8, 4) is 11.3 Å². The Kier molecular flexibility index (Phi) is 3.94. The first-order chi connectivity index (χ1) is 11.0. The Labute approximate surface area is 130 Å². The van der Waals surface area contributed by atoms with Crippen LogP contribution in [0.15, 0.2) is 24.4 Å². The van der Waals surface area contributed by atoms with E-state index in [-0.39, 0.29) is 18.7 Å². The van der Waals surface area contributed by atoms with E-state index in [2.05, 4.69) is 9.72 Å². The maximum atomic E-state index is 14.0. The van der Waals surface area contributed by atoms with E-state index in [1.807, 2.05) is 0 Å². The number of nitrogens with zero attached hydrogens (tertiary/aromatic N) is 2. The first-order valence-electron chi connectivity index (χ1n) is 6.96. The lowest BCUT2D eigenvalue weighted by atomic mass is 9.92. The molecule has 0 unspecified atom stereocenters. The summed E-state index contributed by atoms with van der Waals surface area (Å²) in [5.74, 6) is -2.05. The van der Waals surface area contributed by atoms with E-state index in [0.29, 0.717) is 23.2 Å². The summed E-state index contributed by atoms with van der Waals surface area (Å²) in [6.45, 7) is 0.382. The Morgan fingerprint density at radius 1 is 1.22 bits per heavy atom. The van der Waals surface area contributed by atoms with E-state index in [9.17, 15) is 18.0 Å². The fourth-order valence-electron chi connectivity index (χ4n) is 2.75. The lowest BCUT2D eigenvalue weighted by Crippen LogP contribution is -2.36. The summed E-state index contributed by atoms with van der Waals surface area (Å²) in [7, 11) is 1.26. The van der Waals surface area contributed by atoms with E-state index < -0.39 is 23.5 Å². The normalized spacial score (nSPS) is 13.7. The quantitative estimate of drug-likeness (QED) is 0.809. The number of hydrogen-bond donors (Lipinski definition) is 0. The van der Waals surface area contributed by atoms with Gasteiger partial charge >= 0.3 is 6.09 Å². The van der Waals surface area contributed by atoms with E-state index in [4.69, 9.17) is 0 Å². The number of methoxy groups -OCH3 is 1. The Morgan fingerprint density at radius 3 is 2.70 bits per heavy atom. The van der Waals surface area contributed by atoms with E-state index in [0.717, 1.165) is 12.3 Å². The van der Waals surface area contributed by atoms with Crippen LogP contribution in [0.2, 0.25) is 0 Å². The highest BCUT2D eigenvalue weighted by atomic mass is 19.1. The third-order valence-corrected chi connectivity index (χ3v) is 3.85. The van der Waals surface area contributed by atoms with Crippen molar-refractivity contribution in [2.45, 2.75) is 13.0 Å². The van der Waals surface area contributed by atoms with Gasteiger partial charge in [-0.15, -0.1) is 0 Å². The van der Waals surface area contributed by atoms with Crippen LogP contribution in [0.4, 0.5) is 18.0 Å². The Hall–Kier alpha value is -2.57. The summed E-state index contributed by atoms with van der Waals surface area (Å²) in [6, 6.07) is 3.34. The predicted molar refractivity (Wildman–Crippen MR) is 76.1 cm³/mol. The first-order valence-corrected chi connectivity index (χ1v) is 6.96. The smallest absolute Gasteiger partial charge is 0.409 e. The molecule has 120 valence electrons. The number of carbonyl (C=O) groups is 1. The molecule has 0 bridgehead atoms. The number of halogens is 3. The van der Waals surface area contributed by atoms with Crippen LogP contribution in [0.5, 0.6) is 0 Å². The molecule has 0 fully saturated rings. The highest BCUT2D eigenvalue weighted by Gasteiger charge is 2.27. The molecule has 0 radical (unpaired) electrons. The molecule has 1 aromatic heterocycles. The van der Waals surface area contributed by atoms with Gasteiger partial charge in [0, 0.05) is 18.2 Å². The van der Waals surface area contributed by atoms with Crippen LogP contribution < -0.4 is 0 Å². The van der Waals surface area contributed by atoms with Crippen molar-refractivity contribution >= 4 is 6.09 Å². The molecule has 1 aromatic carbocycles. The van der Waals surface area contributed by atoms with Gasteiger partial charge in [-0.05, 0) is 29.7 Å². The van der Waals surface area contributed by atoms with Crippen LogP contribution >= 0.6 is 0 Å². The summed E-state index contributed by atoms with van der Waals surface area (Å²) in [6.07, 6.45) is 0.639. The number of fused-ring (bicyclic) bond motifs is 1. The summed E-state index contributed by atoms with van der Waals surface area (Å²) in [5.41, 5.74) is 1.13. The Morgan fingerprint density at radius 2 is 2.00 bits per heavy atom. The molecule has 0 atom stereocenters. The molecule has 0 saturated carbocycles. The zero-order valence-corrected chi connectivity index (χ0v) is 12.3. The highest BCUT2D eigenvalue weighted by Crippen LogP contribution is 2.32.